The van der Waals surface area contributed by atoms with Gasteiger partial charge in [0.25, 0.3) is 5.91 Å². The topological polar surface area (TPSA) is 56.2 Å². The van der Waals surface area contributed by atoms with E-state index in [9.17, 15) is 4.79 Å². The molecule has 0 unspecified atom stereocenters. The highest BCUT2D eigenvalue weighted by molar-refractivity contribution is 5.93. The Morgan fingerprint density at radius 3 is 2.42 bits per heavy atom. The molecule has 0 saturated heterocycles. The van der Waals surface area contributed by atoms with Gasteiger partial charge in [0.1, 0.15) is 0 Å². The number of amides is 1. The van der Waals surface area contributed by atoms with Gasteiger partial charge in [-0.05, 0) is 49.7 Å². The normalized spacial score (nSPS) is 10.6. The van der Waals surface area contributed by atoms with Crippen LogP contribution in [0.5, 0.6) is 0 Å². The molecule has 5 heteroatoms. The summed E-state index contributed by atoms with van der Waals surface area (Å²) in [5, 5.41) is 4.43. The predicted octanol–water partition coefficient (Wildman–Crippen LogP) is 3.35. The number of hydrogen-bond donors (Lipinski definition) is 1. The largest absolute Gasteiger partial charge is 0.274 e. The van der Waals surface area contributed by atoms with Gasteiger partial charge in [0.05, 0.1) is 18.0 Å². The van der Waals surface area contributed by atoms with Crippen LogP contribution in [0.25, 0.3) is 5.69 Å². The number of carbonyl (C=O) groups excluding carboxylic acids is 1. The van der Waals surface area contributed by atoms with Crippen LogP contribution in [0.15, 0.2) is 60.7 Å². The molecule has 24 heavy (non-hydrogen) atoms. The first-order chi connectivity index (χ1) is 11.6. The molecule has 0 aliphatic heterocycles. The molecular weight excluding hydrogens is 302 g/mol. The summed E-state index contributed by atoms with van der Waals surface area (Å²) in [4.78, 5) is 17.4. The van der Waals surface area contributed by atoms with Crippen LogP contribution in [-0.4, -0.2) is 15.7 Å². The first kappa shape index (κ1) is 16.0. The zero-order chi connectivity index (χ0) is 16.9. The quantitative estimate of drug-likeness (QED) is 0.733. The van der Waals surface area contributed by atoms with Gasteiger partial charge in [0, 0.05) is 11.3 Å². The van der Waals surface area contributed by atoms with E-state index in [0.717, 1.165) is 22.6 Å². The number of carbonyl (C=O) groups is 1. The second-order valence-corrected chi connectivity index (χ2v) is 5.59. The molecule has 0 aliphatic rings. The van der Waals surface area contributed by atoms with Gasteiger partial charge in [-0.1, -0.05) is 30.3 Å². The van der Waals surface area contributed by atoms with Crippen LogP contribution in [0.3, 0.4) is 0 Å². The summed E-state index contributed by atoms with van der Waals surface area (Å²) in [5.74, 6) is -0.272. The standard InChI is InChI=1S/C19H19N3O2/c1-14-12-15(2)22(20-14)18-10-8-17(9-11-18)19(23)21-24-13-16-6-4-3-5-7-16/h3-12H,13H2,1-2H3,(H,21,23). The Morgan fingerprint density at radius 1 is 1.08 bits per heavy atom. The van der Waals surface area contributed by atoms with E-state index in [2.05, 4.69) is 10.6 Å². The molecule has 1 N–H and O–H groups in total. The lowest BCUT2D eigenvalue weighted by molar-refractivity contribution is 0.0233. The summed E-state index contributed by atoms with van der Waals surface area (Å²) in [6.07, 6.45) is 0. The molecule has 1 aromatic heterocycles. The first-order valence-electron chi connectivity index (χ1n) is 7.73. The van der Waals surface area contributed by atoms with Crippen molar-refractivity contribution >= 4 is 5.91 Å². The fraction of sp³-hybridized carbons (Fsp3) is 0.158. The van der Waals surface area contributed by atoms with Crippen molar-refractivity contribution in [1.29, 1.82) is 0 Å². The third-order valence-electron chi connectivity index (χ3n) is 3.63. The fourth-order valence-electron chi connectivity index (χ4n) is 2.46. The Balaban J connectivity index is 1.61. The van der Waals surface area contributed by atoms with E-state index in [4.69, 9.17) is 4.84 Å². The number of benzene rings is 2. The van der Waals surface area contributed by atoms with Crippen molar-refractivity contribution in [1.82, 2.24) is 15.3 Å². The predicted molar refractivity (Wildman–Crippen MR) is 91.7 cm³/mol. The molecule has 3 aromatic rings. The van der Waals surface area contributed by atoms with Crippen molar-refractivity contribution in [3.8, 4) is 5.69 Å². The summed E-state index contributed by atoms with van der Waals surface area (Å²) < 4.78 is 1.85. The van der Waals surface area contributed by atoms with Crippen molar-refractivity contribution in [2.24, 2.45) is 0 Å². The van der Waals surface area contributed by atoms with E-state index >= 15 is 0 Å². The average molecular weight is 321 g/mol. The summed E-state index contributed by atoms with van der Waals surface area (Å²) in [6, 6.07) is 18.9. The Bertz CT molecular complexity index is 824. The molecule has 122 valence electrons. The van der Waals surface area contributed by atoms with E-state index in [1.165, 1.54) is 0 Å². The third kappa shape index (κ3) is 3.70. The van der Waals surface area contributed by atoms with Gasteiger partial charge >= 0.3 is 0 Å². The number of nitrogens with one attached hydrogen (secondary N) is 1. The van der Waals surface area contributed by atoms with Crippen LogP contribution in [0.4, 0.5) is 0 Å². The minimum Gasteiger partial charge on any atom is -0.269 e. The van der Waals surface area contributed by atoms with Crippen molar-refractivity contribution in [3.05, 3.63) is 83.2 Å². The van der Waals surface area contributed by atoms with Crippen LogP contribution in [0.2, 0.25) is 0 Å². The lowest BCUT2D eigenvalue weighted by Crippen LogP contribution is -2.23. The van der Waals surface area contributed by atoms with Gasteiger partial charge < -0.3 is 0 Å². The summed E-state index contributed by atoms with van der Waals surface area (Å²) in [5.41, 5.74) is 6.93. The highest BCUT2D eigenvalue weighted by Gasteiger charge is 2.08. The van der Waals surface area contributed by atoms with Gasteiger partial charge in [-0.15, -0.1) is 0 Å². The molecule has 0 aliphatic carbocycles. The van der Waals surface area contributed by atoms with Crippen LogP contribution < -0.4 is 5.48 Å². The number of rotatable bonds is 5. The van der Waals surface area contributed by atoms with Crippen molar-refractivity contribution < 1.29 is 9.63 Å². The SMILES string of the molecule is Cc1cc(C)n(-c2ccc(C(=O)NOCc3ccccc3)cc2)n1. The molecule has 5 nitrogen and oxygen atoms in total. The summed E-state index contributed by atoms with van der Waals surface area (Å²) >= 11 is 0. The van der Waals surface area contributed by atoms with E-state index in [0.29, 0.717) is 12.2 Å². The Hall–Kier alpha value is -2.92. The number of aryl methyl sites for hydroxylation is 2. The fourth-order valence-corrected chi connectivity index (χ4v) is 2.46. The molecular formula is C19H19N3O2. The van der Waals surface area contributed by atoms with Crippen LogP contribution >= 0.6 is 0 Å². The highest BCUT2D eigenvalue weighted by atomic mass is 16.6. The van der Waals surface area contributed by atoms with E-state index in [-0.39, 0.29) is 5.91 Å². The average Bonchev–Trinajstić information content (AvgIpc) is 2.94. The molecule has 2 aromatic carbocycles. The molecule has 1 amide bonds. The monoisotopic (exact) mass is 321 g/mol. The maximum absolute atomic E-state index is 12.1. The second-order valence-electron chi connectivity index (χ2n) is 5.59. The van der Waals surface area contributed by atoms with Gasteiger partial charge in [-0.3, -0.25) is 9.63 Å². The zero-order valence-corrected chi connectivity index (χ0v) is 13.7. The Kier molecular flexibility index (Phi) is 4.72. The Morgan fingerprint density at radius 2 is 1.79 bits per heavy atom. The maximum atomic E-state index is 12.1. The van der Waals surface area contributed by atoms with Gasteiger partial charge in [0.2, 0.25) is 0 Å². The van der Waals surface area contributed by atoms with Gasteiger partial charge in [0.15, 0.2) is 0 Å². The number of nitrogens with zero attached hydrogens (tertiary/aromatic N) is 2. The number of hydrogen-bond acceptors (Lipinski definition) is 3. The van der Waals surface area contributed by atoms with Crippen LogP contribution in [0, 0.1) is 13.8 Å². The lowest BCUT2D eigenvalue weighted by atomic mass is 10.2. The molecule has 0 bridgehead atoms. The molecule has 0 atom stereocenters. The summed E-state index contributed by atoms with van der Waals surface area (Å²) in [6.45, 7) is 4.28. The van der Waals surface area contributed by atoms with Crippen molar-refractivity contribution in [2.75, 3.05) is 0 Å². The van der Waals surface area contributed by atoms with Crippen molar-refractivity contribution in [2.45, 2.75) is 20.5 Å². The second kappa shape index (κ2) is 7.10. The third-order valence-corrected chi connectivity index (χ3v) is 3.63. The molecule has 0 spiro atoms. The van der Waals surface area contributed by atoms with Crippen LogP contribution in [-0.2, 0) is 11.4 Å². The van der Waals surface area contributed by atoms with Gasteiger partial charge in [-0.25, -0.2) is 10.2 Å². The molecule has 1 heterocycles. The molecule has 3 rings (SSSR count). The van der Waals surface area contributed by atoms with E-state index in [1.54, 1.807) is 12.1 Å². The van der Waals surface area contributed by atoms with E-state index in [1.807, 2.05) is 67.1 Å². The van der Waals surface area contributed by atoms with Crippen LogP contribution in [0.1, 0.15) is 27.3 Å². The van der Waals surface area contributed by atoms with Gasteiger partial charge in [-0.2, -0.15) is 5.10 Å². The zero-order valence-electron chi connectivity index (χ0n) is 13.7. The van der Waals surface area contributed by atoms with E-state index < -0.39 is 0 Å². The maximum Gasteiger partial charge on any atom is 0.274 e. The highest BCUT2D eigenvalue weighted by Crippen LogP contribution is 2.13. The lowest BCUT2D eigenvalue weighted by Gasteiger charge is -2.08. The minimum atomic E-state index is -0.272. The molecule has 0 radical (unpaired) electrons. The number of aromatic nitrogens is 2. The Labute approximate surface area is 140 Å². The summed E-state index contributed by atoms with van der Waals surface area (Å²) in [7, 11) is 0. The number of hydroxylamine groups is 1. The molecule has 0 fully saturated rings. The van der Waals surface area contributed by atoms with Crippen molar-refractivity contribution in [3.63, 3.8) is 0 Å². The minimum absolute atomic E-state index is 0.272. The smallest absolute Gasteiger partial charge is 0.269 e. The first-order valence-corrected chi connectivity index (χ1v) is 7.73. The molecule has 0 saturated carbocycles.